The van der Waals surface area contributed by atoms with Gasteiger partial charge in [0.1, 0.15) is 11.9 Å². The minimum absolute atomic E-state index is 0.0809. The smallest absolute Gasteiger partial charge is 0.404 e. The summed E-state index contributed by atoms with van der Waals surface area (Å²) in [6, 6.07) is 3.99. The predicted octanol–water partition coefficient (Wildman–Crippen LogP) is 0.184. The molecule has 0 heterocycles. The molecule has 1 atom stereocenters. The van der Waals surface area contributed by atoms with E-state index in [0.717, 1.165) is 6.07 Å². The molecule has 0 spiro atoms. The Hall–Kier alpha value is -2.15. The quantitative estimate of drug-likeness (QED) is 0.710. The van der Waals surface area contributed by atoms with Gasteiger partial charge in [0.05, 0.1) is 12.2 Å². The van der Waals surface area contributed by atoms with E-state index in [0.29, 0.717) is 5.56 Å². The van der Waals surface area contributed by atoms with Gasteiger partial charge in [0.15, 0.2) is 0 Å². The van der Waals surface area contributed by atoms with Gasteiger partial charge in [0.2, 0.25) is 0 Å². The topological polar surface area (TPSA) is 102 Å². The number of ether oxygens (including phenoxy) is 1. The van der Waals surface area contributed by atoms with E-state index in [2.05, 4.69) is 10.1 Å². The molecular weight excluding hydrogens is 255 g/mol. The largest absolute Gasteiger partial charge is 0.444 e. The van der Waals surface area contributed by atoms with E-state index < -0.39 is 30.5 Å². The zero-order valence-electron chi connectivity index (χ0n) is 10.4. The number of primary amides is 1. The summed E-state index contributed by atoms with van der Waals surface area (Å²) in [5.41, 5.74) is 5.23. The highest BCUT2D eigenvalue weighted by molar-refractivity contribution is 5.94. The molecule has 1 aromatic rings. The van der Waals surface area contributed by atoms with Crippen LogP contribution in [0.4, 0.5) is 9.18 Å². The van der Waals surface area contributed by atoms with E-state index in [1.807, 2.05) is 0 Å². The van der Waals surface area contributed by atoms with Gasteiger partial charge >= 0.3 is 6.09 Å². The SMILES string of the molecule is CNC(=O)c1ccc(C[C@@H](CO)OC(N)=O)cc1F. The van der Waals surface area contributed by atoms with Crippen LogP contribution in [0.2, 0.25) is 0 Å². The Bertz CT molecular complexity index is 479. The van der Waals surface area contributed by atoms with Crippen LogP contribution in [0.15, 0.2) is 18.2 Å². The number of rotatable bonds is 5. The van der Waals surface area contributed by atoms with Crippen molar-refractivity contribution in [2.75, 3.05) is 13.7 Å². The first-order chi connectivity index (χ1) is 8.97. The van der Waals surface area contributed by atoms with Crippen LogP contribution in [0.25, 0.3) is 0 Å². The lowest BCUT2D eigenvalue weighted by molar-refractivity contribution is 0.0639. The summed E-state index contributed by atoms with van der Waals surface area (Å²) in [6.07, 6.45) is -1.76. The van der Waals surface area contributed by atoms with Crippen LogP contribution in [-0.4, -0.2) is 36.9 Å². The molecule has 0 aromatic heterocycles. The van der Waals surface area contributed by atoms with E-state index in [1.165, 1.54) is 19.2 Å². The van der Waals surface area contributed by atoms with E-state index in [4.69, 9.17) is 10.8 Å². The Morgan fingerprint density at radius 3 is 2.68 bits per heavy atom. The van der Waals surface area contributed by atoms with Crippen molar-refractivity contribution >= 4 is 12.0 Å². The van der Waals surface area contributed by atoms with E-state index >= 15 is 0 Å². The maximum absolute atomic E-state index is 13.6. The normalized spacial score (nSPS) is 11.7. The number of amides is 2. The zero-order valence-corrected chi connectivity index (χ0v) is 10.4. The summed E-state index contributed by atoms with van der Waals surface area (Å²) in [4.78, 5) is 21.9. The summed E-state index contributed by atoms with van der Waals surface area (Å²) >= 11 is 0. The minimum Gasteiger partial charge on any atom is -0.444 e. The fourth-order valence-corrected chi connectivity index (χ4v) is 1.58. The number of nitrogens with one attached hydrogen (secondary N) is 1. The summed E-state index contributed by atoms with van der Waals surface area (Å²) in [6.45, 7) is -0.429. The van der Waals surface area contributed by atoms with Crippen molar-refractivity contribution in [1.82, 2.24) is 5.32 Å². The predicted molar refractivity (Wildman–Crippen MR) is 65.0 cm³/mol. The first-order valence-electron chi connectivity index (χ1n) is 5.55. The Morgan fingerprint density at radius 2 is 2.21 bits per heavy atom. The van der Waals surface area contributed by atoms with Crippen LogP contribution >= 0.6 is 0 Å². The van der Waals surface area contributed by atoms with Crippen molar-refractivity contribution in [1.29, 1.82) is 0 Å². The lowest BCUT2D eigenvalue weighted by Crippen LogP contribution is -2.27. The molecule has 0 aliphatic heterocycles. The number of benzene rings is 1. The monoisotopic (exact) mass is 270 g/mol. The van der Waals surface area contributed by atoms with Crippen LogP contribution in [0.5, 0.6) is 0 Å². The van der Waals surface area contributed by atoms with Crippen LogP contribution < -0.4 is 11.1 Å². The summed E-state index contributed by atoms with van der Waals surface area (Å²) in [5.74, 6) is -1.22. The molecule has 4 N–H and O–H groups in total. The second-order valence-electron chi connectivity index (χ2n) is 3.84. The zero-order chi connectivity index (χ0) is 14.4. The molecular formula is C12H15FN2O4. The first kappa shape index (κ1) is 14.9. The van der Waals surface area contributed by atoms with Crippen LogP contribution in [0.1, 0.15) is 15.9 Å². The summed E-state index contributed by atoms with van der Waals surface area (Å²) in [7, 11) is 1.40. The molecule has 0 fully saturated rings. The molecule has 0 bridgehead atoms. The van der Waals surface area contributed by atoms with E-state index in [9.17, 15) is 14.0 Å². The molecule has 0 saturated carbocycles. The lowest BCUT2D eigenvalue weighted by atomic mass is 10.0. The average molecular weight is 270 g/mol. The maximum Gasteiger partial charge on any atom is 0.404 e. The fraction of sp³-hybridized carbons (Fsp3) is 0.333. The molecule has 2 amide bonds. The van der Waals surface area contributed by atoms with Crippen molar-refractivity contribution in [3.63, 3.8) is 0 Å². The Kier molecular flexibility index (Phi) is 5.25. The van der Waals surface area contributed by atoms with Crippen molar-refractivity contribution in [2.45, 2.75) is 12.5 Å². The average Bonchev–Trinajstić information content (AvgIpc) is 2.36. The number of hydrogen-bond acceptors (Lipinski definition) is 4. The molecule has 19 heavy (non-hydrogen) atoms. The molecule has 6 nitrogen and oxygen atoms in total. The third-order valence-corrected chi connectivity index (χ3v) is 2.46. The number of hydrogen-bond donors (Lipinski definition) is 3. The van der Waals surface area contributed by atoms with Gasteiger partial charge in [0, 0.05) is 13.5 Å². The molecule has 0 radical (unpaired) electrons. The Morgan fingerprint density at radius 1 is 1.53 bits per heavy atom. The molecule has 0 unspecified atom stereocenters. The number of halogens is 1. The van der Waals surface area contributed by atoms with Crippen molar-refractivity contribution in [2.24, 2.45) is 5.73 Å². The third-order valence-electron chi connectivity index (χ3n) is 2.46. The second kappa shape index (κ2) is 6.69. The Labute approximate surface area is 109 Å². The number of carbonyl (C=O) groups excluding carboxylic acids is 2. The highest BCUT2D eigenvalue weighted by Crippen LogP contribution is 2.13. The van der Waals surface area contributed by atoms with Crippen molar-refractivity contribution < 1.29 is 23.8 Å². The van der Waals surface area contributed by atoms with Gasteiger partial charge in [-0.15, -0.1) is 0 Å². The first-order valence-corrected chi connectivity index (χ1v) is 5.55. The van der Waals surface area contributed by atoms with E-state index in [1.54, 1.807) is 0 Å². The van der Waals surface area contributed by atoms with Crippen LogP contribution in [-0.2, 0) is 11.2 Å². The maximum atomic E-state index is 13.6. The van der Waals surface area contributed by atoms with Gasteiger partial charge in [-0.2, -0.15) is 0 Å². The van der Waals surface area contributed by atoms with E-state index in [-0.39, 0.29) is 12.0 Å². The molecule has 0 saturated heterocycles. The summed E-state index contributed by atoms with van der Waals surface area (Å²) in [5, 5.41) is 11.3. The van der Waals surface area contributed by atoms with Gasteiger partial charge < -0.3 is 20.9 Å². The standard InChI is InChI=1S/C12H15FN2O4/c1-15-11(17)9-3-2-7(5-10(9)13)4-8(6-16)19-12(14)18/h2-3,5,8,16H,4,6H2,1H3,(H2,14,18)(H,15,17)/t8-/m0/s1. The molecule has 104 valence electrons. The molecule has 1 rings (SSSR count). The second-order valence-corrected chi connectivity index (χ2v) is 3.84. The third kappa shape index (κ3) is 4.22. The highest BCUT2D eigenvalue weighted by atomic mass is 19.1. The molecule has 0 aliphatic rings. The van der Waals surface area contributed by atoms with Crippen molar-refractivity contribution in [3.05, 3.63) is 35.1 Å². The summed E-state index contributed by atoms with van der Waals surface area (Å²) < 4.78 is 18.3. The van der Waals surface area contributed by atoms with Gasteiger partial charge in [-0.05, 0) is 17.7 Å². The fourth-order valence-electron chi connectivity index (χ4n) is 1.58. The Balaban J connectivity index is 2.83. The van der Waals surface area contributed by atoms with Crippen LogP contribution in [0.3, 0.4) is 0 Å². The molecule has 0 aliphatic carbocycles. The number of aliphatic hydroxyl groups is 1. The van der Waals surface area contributed by atoms with Gasteiger partial charge in [0.25, 0.3) is 5.91 Å². The van der Waals surface area contributed by atoms with Gasteiger partial charge in [-0.1, -0.05) is 6.07 Å². The lowest BCUT2D eigenvalue weighted by Gasteiger charge is -2.14. The number of nitrogens with two attached hydrogens (primary N) is 1. The molecule has 7 heteroatoms. The van der Waals surface area contributed by atoms with Gasteiger partial charge in [-0.3, -0.25) is 4.79 Å². The minimum atomic E-state index is -1.01. The van der Waals surface area contributed by atoms with Crippen molar-refractivity contribution in [3.8, 4) is 0 Å². The van der Waals surface area contributed by atoms with Gasteiger partial charge in [-0.25, -0.2) is 9.18 Å². The number of aliphatic hydroxyl groups excluding tert-OH is 1. The van der Waals surface area contributed by atoms with Crippen LogP contribution in [0, 0.1) is 5.82 Å². The highest BCUT2D eigenvalue weighted by Gasteiger charge is 2.15. The number of carbonyl (C=O) groups is 2. The molecule has 1 aromatic carbocycles.